The summed E-state index contributed by atoms with van der Waals surface area (Å²) in [5.74, 6) is 0. The Balaban J connectivity index is 2.66. The highest BCUT2D eigenvalue weighted by Crippen LogP contribution is 2.31. The lowest BCUT2D eigenvalue weighted by molar-refractivity contribution is 0.285. The molecule has 0 unspecified atom stereocenters. The molecule has 0 radical (unpaired) electrons. The number of hydrogen-bond acceptors (Lipinski definition) is 1. The van der Waals surface area contributed by atoms with E-state index in [4.69, 9.17) is 0 Å². The Kier molecular flexibility index (Phi) is 8.59. The molecular weight excluding hydrogens is 258 g/mol. The average Bonchev–Trinajstić information content (AvgIpc) is 2.46. The van der Waals surface area contributed by atoms with Crippen LogP contribution in [0.1, 0.15) is 66.2 Å². The Bertz CT molecular complexity index is 262. The fourth-order valence-corrected chi connectivity index (χ4v) is 9.28. The van der Waals surface area contributed by atoms with Crippen LogP contribution in [0.3, 0.4) is 0 Å². The van der Waals surface area contributed by atoms with E-state index in [1.54, 1.807) is 23.8 Å². The fourth-order valence-electron chi connectivity index (χ4n) is 4.01. The van der Waals surface area contributed by atoms with Gasteiger partial charge in [0.2, 0.25) is 0 Å². The summed E-state index contributed by atoms with van der Waals surface area (Å²) in [6.45, 7) is 12.1. The van der Waals surface area contributed by atoms with Gasteiger partial charge in [-0.3, -0.25) is 0 Å². The molecule has 1 heterocycles. The van der Waals surface area contributed by atoms with Gasteiger partial charge in [0.15, 0.2) is 0 Å². The third-order valence-electron chi connectivity index (χ3n) is 5.03. The van der Waals surface area contributed by atoms with E-state index in [0.29, 0.717) is 0 Å². The van der Waals surface area contributed by atoms with Gasteiger partial charge in [-0.2, -0.15) is 0 Å². The van der Waals surface area contributed by atoms with Crippen molar-refractivity contribution in [2.24, 2.45) is 0 Å². The van der Waals surface area contributed by atoms with Crippen molar-refractivity contribution in [1.82, 2.24) is 4.90 Å². The fraction of sp³-hybridized carbons (Fsp3) is 0.889. The first-order valence-electron chi connectivity index (χ1n) is 9.09. The maximum atomic E-state index is 2.63. The second-order valence-corrected chi connectivity index (χ2v) is 11.8. The largest absolute Gasteiger partial charge is 0.375 e. The Morgan fingerprint density at radius 3 is 1.85 bits per heavy atom. The minimum Gasteiger partial charge on any atom is -0.375 e. The van der Waals surface area contributed by atoms with E-state index in [2.05, 4.69) is 38.7 Å². The van der Waals surface area contributed by atoms with Crippen molar-refractivity contribution >= 4 is 8.07 Å². The van der Waals surface area contributed by atoms with Gasteiger partial charge < -0.3 is 4.90 Å². The summed E-state index contributed by atoms with van der Waals surface area (Å²) in [6, 6.07) is 6.06. The van der Waals surface area contributed by atoms with Gasteiger partial charge >= 0.3 is 0 Å². The van der Waals surface area contributed by atoms with Gasteiger partial charge in [0, 0.05) is 18.8 Å². The van der Waals surface area contributed by atoms with Crippen LogP contribution >= 0.6 is 0 Å². The van der Waals surface area contributed by atoms with Gasteiger partial charge in [-0.25, -0.2) is 0 Å². The zero-order valence-corrected chi connectivity index (χ0v) is 15.5. The zero-order valence-electron chi connectivity index (χ0n) is 14.5. The second-order valence-electron chi connectivity index (χ2n) is 6.85. The molecule has 0 spiro atoms. The van der Waals surface area contributed by atoms with Crippen LogP contribution in [0.15, 0.2) is 11.8 Å². The molecule has 118 valence electrons. The molecule has 2 heteroatoms. The highest BCUT2D eigenvalue weighted by molar-refractivity contribution is 6.80. The minimum absolute atomic E-state index is 1.02. The molecule has 0 amide bonds. The predicted octanol–water partition coefficient (Wildman–Crippen LogP) is 6.05. The molecule has 1 rings (SSSR count). The molecule has 1 aliphatic heterocycles. The lowest BCUT2D eigenvalue weighted by atomic mass is 10.1. The van der Waals surface area contributed by atoms with Crippen LogP contribution in [0.25, 0.3) is 0 Å². The van der Waals surface area contributed by atoms with E-state index in [-0.39, 0.29) is 0 Å². The van der Waals surface area contributed by atoms with Crippen molar-refractivity contribution < 1.29 is 0 Å². The maximum Gasteiger partial charge on any atom is 0.0573 e. The summed E-state index contributed by atoms with van der Waals surface area (Å²) < 4.78 is 0. The van der Waals surface area contributed by atoms with Gasteiger partial charge in [0.25, 0.3) is 0 Å². The Labute approximate surface area is 128 Å². The molecule has 1 saturated heterocycles. The van der Waals surface area contributed by atoms with Crippen molar-refractivity contribution in [3.05, 3.63) is 11.8 Å². The predicted molar refractivity (Wildman–Crippen MR) is 95.0 cm³/mol. The van der Waals surface area contributed by atoms with Crippen molar-refractivity contribution in [2.45, 2.75) is 90.4 Å². The van der Waals surface area contributed by atoms with E-state index in [0.717, 1.165) is 0 Å². The highest BCUT2D eigenvalue weighted by Gasteiger charge is 2.28. The standard InChI is InChI=1S/C18H37NSi/c1-5-14-20(15-6-2,16-7-3)17-11-18(4)19-12-9-8-10-13-19/h11H,5-10,12-17H2,1-4H3. The number of hydrogen-bond donors (Lipinski definition) is 0. The number of likely N-dealkylation sites (tertiary alicyclic amines) is 1. The van der Waals surface area contributed by atoms with Crippen molar-refractivity contribution in [3.63, 3.8) is 0 Å². The Hall–Kier alpha value is -0.243. The molecule has 0 saturated carbocycles. The van der Waals surface area contributed by atoms with E-state index in [1.165, 1.54) is 57.7 Å². The summed E-state index contributed by atoms with van der Waals surface area (Å²) in [5.41, 5.74) is 1.57. The second kappa shape index (κ2) is 9.65. The van der Waals surface area contributed by atoms with Crippen LogP contribution in [-0.4, -0.2) is 26.1 Å². The number of allylic oxidation sites excluding steroid dienone is 2. The molecule has 0 atom stereocenters. The SMILES string of the molecule is CCC[Si](CC=C(C)N1CCCCC1)(CCC)CCC. The van der Waals surface area contributed by atoms with Crippen molar-refractivity contribution in [2.75, 3.05) is 13.1 Å². The molecule has 0 aromatic heterocycles. The summed E-state index contributed by atoms with van der Waals surface area (Å²) >= 11 is 0. The molecule has 0 aromatic carbocycles. The zero-order chi connectivity index (χ0) is 14.8. The monoisotopic (exact) mass is 295 g/mol. The van der Waals surface area contributed by atoms with Crippen LogP contribution in [0, 0.1) is 0 Å². The van der Waals surface area contributed by atoms with Crippen LogP contribution in [-0.2, 0) is 0 Å². The molecule has 0 bridgehead atoms. The van der Waals surface area contributed by atoms with E-state index < -0.39 is 8.07 Å². The molecule has 1 aliphatic rings. The van der Waals surface area contributed by atoms with Crippen molar-refractivity contribution in [3.8, 4) is 0 Å². The lowest BCUT2D eigenvalue weighted by Gasteiger charge is -2.33. The van der Waals surface area contributed by atoms with Gasteiger partial charge in [-0.15, -0.1) is 0 Å². The number of piperidine rings is 1. The van der Waals surface area contributed by atoms with Crippen LogP contribution in [0.5, 0.6) is 0 Å². The Morgan fingerprint density at radius 1 is 0.900 bits per heavy atom. The first-order valence-corrected chi connectivity index (χ1v) is 11.9. The summed E-state index contributed by atoms with van der Waals surface area (Å²) in [5, 5.41) is 0. The van der Waals surface area contributed by atoms with Gasteiger partial charge in [-0.05, 0) is 32.2 Å². The summed E-state index contributed by atoms with van der Waals surface area (Å²) in [7, 11) is -1.02. The summed E-state index contributed by atoms with van der Waals surface area (Å²) in [6.07, 6.45) is 11.0. The van der Waals surface area contributed by atoms with Crippen LogP contribution < -0.4 is 0 Å². The number of rotatable bonds is 9. The molecule has 1 fully saturated rings. The molecule has 0 aromatic rings. The van der Waals surface area contributed by atoms with E-state index in [1.807, 2.05) is 0 Å². The topological polar surface area (TPSA) is 3.24 Å². The first-order chi connectivity index (χ1) is 9.67. The Morgan fingerprint density at radius 2 is 1.40 bits per heavy atom. The van der Waals surface area contributed by atoms with Crippen molar-refractivity contribution in [1.29, 1.82) is 0 Å². The molecule has 0 N–H and O–H groups in total. The van der Waals surface area contributed by atoms with Gasteiger partial charge in [0.05, 0.1) is 8.07 Å². The average molecular weight is 296 g/mol. The molecule has 0 aliphatic carbocycles. The number of nitrogens with zero attached hydrogens (tertiary/aromatic N) is 1. The van der Waals surface area contributed by atoms with Gasteiger partial charge in [-0.1, -0.05) is 64.2 Å². The maximum absolute atomic E-state index is 2.63. The minimum atomic E-state index is -1.02. The first kappa shape index (κ1) is 17.8. The van der Waals surface area contributed by atoms with Crippen LogP contribution in [0.4, 0.5) is 0 Å². The van der Waals surface area contributed by atoms with E-state index >= 15 is 0 Å². The lowest BCUT2D eigenvalue weighted by Crippen LogP contribution is -2.33. The molecular formula is C18H37NSi. The van der Waals surface area contributed by atoms with Crippen LogP contribution in [0.2, 0.25) is 24.2 Å². The quantitative estimate of drug-likeness (QED) is 0.468. The molecule has 1 nitrogen and oxygen atoms in total. The van der Waals surface area contributed by atoms with Gasteiger partial charge in [0.1, 0.15) is 0 Å². The third-order valence-corrected chi connectivity index (χ3v) is 10.8. The molecule has 20 heavy (non-hydrogen) atoms. The van der Waals surface area contributed by atoms with E-state index in [9.17, 15) is 0 Å². The highest BCUT2D eigenvalue weighted by atomic mass is 28.3. The summed E-state index contributed by atoms with van der Waals surface area (Å²) in [4.78, 5) is 2.63. The smallest absolute Gasteiger partial charge is 0.0573 e. The third kappa shape index (κ3) is 5.63. The normalized spacial score (nSPS) is 17.6.